The van der Waals surface area contributed by atoms with E-state index >= 15 is 0 Å². The first-order valence-corrected chi connectivity index (χ1v) is 7.40. The van der Waals surface area contributed by atoms with Crippen LogP contribution in [0.3, 0.4) is 0 Å². The van der Waals surface area contributed by atoms with Crippen LogP contribution in [-0.4, -0.2) is 27.9 Å². The summed E-state index contributed by atoms with van der Waals surface area (Å²) >= 11 is 0. The van der Waals surface area contributed by atoms with Gasteiger partial charge in [0.2, 0.25) is 0 Å². The van der Waals surface area contributed by atoms with Crippen molar-refractivity contribution >= 4 is 0 Å². The Labute approximate surface area is 120 Å². The molecule has 1 aromatic carbocycles. The molecule has 2 heterocycles. The van der Waals surface area contributed by atoms with E-state index in [1.807, 2.05) is 6.33 Å². The Balaban J connectivity index is 2.13. The number of aromatic nitrogens is 3. The van der Waals surface area contributed by atoms with E-state index in [-0.39, 0.29) is 5.41 Å². The number of hydrogen-bond donors (Lipinski definition) is 1. The van der Waals surface area contributed by atoms with Gasteiger partial charge in [-0.3, -0.25) is 0 Å². The maximum absolute atomic E-state index is 4.49. The van der Waals surface area contributed by atoms with Crippen molar-refractivity contribution in [1.82, 2.24) is 20.1 Å². The minimum Gasteiger partial charge on any atom is -0.317 e. The van der Waals surface area contributed by atoms with Gasteiger partial charge in [-0.1, -0.05) is 30.3 Å². The predicted molar refractivity (Wildman–Crippen MR) is 79.7 cm³/mol. The van der Waals surface area contributed by atoms with Gasteiger partial charge >= 0.3 is 0 Å². The van der Waals surface area contributed by atoms with Crippen molar-refractivity contribution in [2.45, 2.75) is 38.1 Å². The zero-order chi connectivity index (χ0) is 14.0. The lowest BCUT2D eigenvalue weighted by Crippen LogP contribution is -2.42. The van der Waals surface area contributed by atoms with Crippen LogP contribution in [0.15, 0.2) is 36.7 Å². The van der Waals surface area contributed by atoms with Crippen LogP contribution >= 0.6 is 0 Å². The molecule has 3 rings (SSSR count). The van der Waals surface area contributed by atoms with E-state index in [4.69, 9.17) is 0 Å². The number of nitrogens with zero attached hydrogens (tertiary/aromatic N) is 3. The molecule has 0 amide bonds. The van der Waals surface area contributed by atoms with Crippen molar-refractivity contribution in [2.75, 3.05) is 13.1 Å². The highest BCUT2D eigenvalue weighted by molar-refractivity contribution is 5.34. The molecule has 0 unspecified atom stereocenters. The third-order valence-electron chi connectivity index (χ3n) is 4.34. The third-order valence-corrected chi connectivity index (χ3v) is 4.34. The first-order valence-electron chi connectivity index (χ1n) is 7.40. The standard InChI is InChI=1S/C16H22N4/c1-13(2)20-12-18-19-15(20)16(8-10-17-11-9-16)14-6-4-3-5-7-14/h3-7,12-13,17H,8-11H2,1-2H3. The maximum atomic E-state index is 4.49. The van der Waals surface area contributed by atoms with E-state index in [1.165, 1.54) is 5.56 Å². The molecular formula is C16H22N4. The molecule has 4 heteroatoms. The Bertz CT molecular complexity index is 553. The summed E-state index contributed by atoms with van der Waals surface area (Å²) in [5, 5.41) is 12.1. The number of hydrogen-bond acceptors (Lipinski definition) is 3. The molecule has 0 radical (unpaired) electrons. The fraction of sp³-hybridized carbons (Fsp3) is 0.500. The first-order chi connectivity index (χ1) is 9.74. The lowest BCUT2D eigenvalue weighted by molar-refractivity contribution is 0.328. The maximum Gasteiger partial charge on any atom is 0.143 e. The molecule has 0 saturated carbocycles. The molecule has 2 aromatic rings. The smallest absolute Gasteiger partial charge is 0.143 e. The summed E-state index contributed by atoms with van der Waals surface area (Å²) in [7, 11) is 0. The van der Waals surface area contributed by atoms with Gasteiger partial charge in [-0.25, -0.2) is 0 Å². The predicted octanol–water partition coefficient (Wildman–Crippen LogP) is 2.53. The van der Waals surface area contributed by atoms with Crippen molar-refractivity contribution in [2.24, 2.45) is 0 Å². The van der Waals surface area contributed by atoms with Crippen molar-refractivity contribution in [3.63, 3.8) is 0 Å². The topological polar surface area (TPSA) is 42.7 Å². The highest BCUT2D eigenvalue weighted by Gasteiger charge is 2.40. The van der Waals surface area contributed by atoms with Gasteiger partial charge in [0.1, 0.15) is 12.2 Å². The second kappa shape index (κ2) is 5.37. The minimum absolute atomic E-state index is 0.00667. The molecule has 20 heavy (non-hydrogen) atoms. The largest absolute Gasteiger partial charge is 0.317 e. The summed E-state index contributed by atoms with van der Waals surface area (Å²) in [5.74, 6) is 1.11. The molecule has 1 N–H and O–H groups in total. The highest BCUT2D eigenvalue weighted by Crippen LogP contribution is 2.39. The van der Waals surface area contributed by atoms with Gasteiger partial charge < -0.3 is 9.88 Å². The van der Waals surface area contributed by atoms with E-state index in [1.54, 1.807) is 0 Å². The van der Waals surface area contributed by atoms with Crippen LogP contribution in [0.5, 0.6) is 0 Å². The van der Waals surface area contributed by atoms with E-state index < -0.39 is 0 Å². The number of nitrogens with one attached hydrogen (secondary N) is 1. The molecule has 1 aliphatic heterocycles. The minimum atomic E-state index is -0.00667. The lowest BCUT2D eigenvalue weighted by atomic mass is 9.72. The van der Waals surface area contributed by atoms with Crippen LogP contribution in [0.4, 0.5) is 0 Å². The first kappa shape index (κ1) is 13.3. The van der Waals surface area contributed by atoms with Gasteiger partial charge in [-0.2, -0.15) is 0 Å². The second-order valence-electron chi connectivity index (χ2n) is 5.85. The highest BCUT2D eigenvalue weighted by atomic mass is 15.3. The monoisotopic (exact) mass is 270 g/mol. The molecule has 1 saturated heterocycles. The van der Waals surface area contributed by atoms with Crippen LogP contribution in [0.2, 0.25) is 0 Å². The van der Waals surface area contributed by atoms with Gasteiger partial charge in [0, 0.05) is 6.04 Å². The van der Waals surface area contributed by atoms with Gasteiger partial charge in [0.25, 0.3) is 0 Å². The van der Waals surface area contributed by atoms with Crippen LogP contribution in [0.25, 0.3) is 0 Å². The molecule has 1 aliphatic rings. The van der Waals surface area contributed by atoms with E-state index in [0.29, 0.717) is 6.04 Å². The second-order valence-corrected chi connectivity index (χ2v) is 5.85. The fourth-order valence-electron chi connectivity index (χ4n) is 3.22. The fourth-order valence-corrected chi connectivity index (χ4v) is 3.22. The summed E-state index contributed by atoms with van der Waals surface area (Å²) in [6.45, 7) is 6.43. The van der Waals surface area contributed by atoms with Crippen LogP contribution < -0.4 is 5.32 Å². The summed E-state index contributed by atoms with van der Waals surface area (Å²) in [5.41, 5.74) is 1.35. The average Bonchev–Trinajstić information content (AvgIpc) is 2.99. The molecule has 106 valence electrons. The van der Waals surface area contributed by atoms with Crippen molar-refractivity contribution < 1.29 is 0 Å². The number of rotatable bonds is 3. The van der Waals surface area contributed by atoms with Crippen molar-refractivity contribution in [3.8, 4) is 0 Å². The summed E-state index contributed by atoms with van der Waals surface area (Å²) in [6.07, 6.45) is 4.01. The molecule has 1 fully saturated rings. The molecule has 0 atom stereocenters. The van der Waals surface area contributed by atoms with E-state index in [0.717, 1.165) is 31.8 Å². The molecule has 0 spiro atoms. The number of benzene rings is 1. The molecule has 4 nitrogen and oxygen atoms in total. The lowest BCUT2D eigenvalue weighted by Gasteiger charge is -2.38. The Morgan fingerprint density at radius 2 is 1.85 bits per heavy atom. The Morgan fingerprint density at radius 1 is 1.15 bits per heavy atom. The third kappa shape index (κ3) is 2.14. The Morgan fingerprint density at radius 3 is 2.50 bits per heavy atom. The molecule has 1 aromatic heterocycles. The van der Waals surface area contributed by atoms with E-state index in [9.17, 15) is 0 Å². The summed E-state index contributed by atoms with van der Waals surface area (Å²) in [4.78, 5) is 0. The SMILES string of the molecule is CC(C)n1cnnc1C1(c2ccccc2)CCNCC1. The normalized spacial score (nSPS) is 18.4. The quantitative estimate of drug-likeness (QED) is 0.932. The number of piperidine rings is 1. The summed E-state index contributed by atoms with van der Waals surface area (Å²) in [6, 6.07) is 11.2. The Hall–Kier alpha value is -1.68. The Kier molecular flexibility index (Phi) is 3.57. The van der Waals surface area contributed by atoms with Crippen molar-refractivity contribution in [1.29, 1.82) is 0 Å². The molecule has 0 aliphatic carbocycles. The van der Waals surface area contributed by atoms with Crippen molar-refractivity contribution in [3.05, 3.63) is 48.0 Å². The zero-order valence-corrected chi connectivity index (χ0v) is 12.2. The van der Waals surface area contributed by atoms with Crippen LogP contribution in [0.1, 0.15) is 44.1 Å². The molecule has 0 bridgehead atoms. The van der Waals surface area contributed by atoms with Gasteiger partial charge in [-0.15, -0.1) is 10.2 Å². The van der Waals surface area contributed by atoms with Gasteiger partial charge in [0.05, 0.1) is 5.41 Å². The van der Waals surface area contributed by atoms with Gasteiger partial charge in [-0.05, 0) is 45.3 Å². The van der Waals surface area contributed by atoms with E-state index in [2.05, 4.69) is 64.3 Å². The molecular weight excluding hydrogens is 248 g/mol. The van der Waals surface area contributed by atoms with Crippen LogP contribution in [0, 0.1) is 0 Å². The van der Waals surface area contributed by atoms with Crippen LogP contribution in [-0.2, 0) is 5.41 Å². The average molecular weight is 270 g/mol. The van der Waals surface area contributed by atoms with Gasteiger partial charge in [0.15, 0.2) is 0 Å². The summed E-state index contributed by atoms with van der Waals surface area (Å²) < 4.78 is 2.22. The zero-order valence-electron chi connectivity index (χ0n) is 12.2.